The van der Waals surface area contributed by atoms with Gasteiger partial charge >= 0.3 is 0 Å². The summed E-state index contributed by atoms with van der Waals surface area (Å²) in [5.41, 5.74) is 0. The summed E-state index contributed by atoms with van der Waals surface area (Å²) in [6.45, 7) is 3.57. The highest BCUT2D eigenvalue weighted by molar-refractivity contribution is 7.15. The molecule has 2 amide bonds. The summed E-state index contributed by atoms with van der Waals surface area (Å²) in [6, 6.07) is 0. The SMILES string of the molecule is CCCCc1nnc(NC(=O)C2CC(=O)N(CCOC)C2)s1. The third kappa shape index (κ3) is 4.48. The fourth-order valence-electron chi connectivity index (χ4n) is 2.31. The number of nitrogens with one attached hydrogen (secondary N) is 1. The lowest BCUT2D eigenvalue weighted by atomic mass is 10.1. The lowest BCUT2D eigenvalue weighted by molar-refractivity contribution is -0.128. The van der Waals surface area contributed by atoms with E-state index in [-0.39, 0.29) is 24.2 Å². The van der Waals surface area contributed by atoms with Crippen molar-refractivity contribution in [1.29, 1.82) is 0 Å². The predicted octanol–water partition coefficient (Wildman–Crippen LogP) is 1.31. The van der Waals surface area contributed by atoms with Gasteiger partial charge in [-0.2, -0.15) is 0 Å². The lowest BCUT2D eigenvalue weighted by Gasteiger charge is -2.15. The van der Waals surface area contributed by atoms with Crippen LogP contribution in [-0.2, 0) is 20.7 Å². The van der Waals surface area contributed by atoms with Crippen LogP contribution in [0.1, 0.15) is 31.2 Å². The molecule has 1 unspecified atom stereocenters. The number of aryl methyl sites for hydroxylation is 1. The average molecular weight is 326 g/mol. The van der Waals surface area contributed by atoms with Crippen molar-refractivity contribution in [3.8, 4) is 0 Å². The molecule has 8 heteroatoms. The molecule has 1 aromatic rings. The molecule has 1 atom stereocenters. The molecule has 0 bridgehead atoms. The number of unbranched alkanes of at least 4 members (excludes halogenated alkanes) is 1. The molecular formula is C14H22N4O3S. The molecule has 1 saturated heterocycles. The van der Waals surface area contributed by atoms with Gasteiger partial charge in [0, 0.05) is 33.0 Å². The van der Waals surface area contributed by atoms with Crippen molar-refractivity contribution in [3.05, 3.63) is 5.01 Å². The minimum Gasteiger partial charge on any atom is -0.383 e. The smallest absolute Gasteiger partial charge is 0.231 e. The summed E-state index contributed by atoms with van der Waals surface area (Å²) in [6.07, 6.45) is 3.30. The zero-order valence-corrected chi connectivity index (χ0v) is 13.8. The number of amides is 2. The van der Waals surface area contributed by atoms with E-state index in [1.165, 1.54) is 11.3 Å². The summed E-state index contributed by atoms with van der Waals surface area (Å²) in [7, 11) is 1.59. The summed E-state index contributed by atoms with van der Waals surface area (Å²) in [4.78, 5) is 25.7. The van der Waals surface area contributed by atoms with E-state index in [0.717, 1.165) is 24.3 Å². The lowest BCUT2D eigenvalue weighted by Crippen LogP contribution is -2.30. The number of hydrogen-bond donors (Lipinski definition) is 1. The minimum atomic E-state index is -0.327. The van der Waals surface area contributed by atoms with Gasteiger partial charge in [0.05, 0.1) is 12.5 Å². The Labute approximate surface area is 134 Å². The molecule has 22 heavy (non-hydrogen) atoms. The Morgan fingerprint density at radius 2 is 2.32 bits per heavy atom. The summed E-state index contributed by atoms with van der Waals surface area (Å²) in [5.74, 6) is -0.489. The van der Waals surface area contributed by atoms with E-state index in [0.29, 0.717) is 24.8 Å². The zero-order chi connectivity index (χ0) is 15.9. The number of aromatic nitrogens is 2. The maximum Gasteiger partial charge on any atom is 0.231 e. The van der Waals surface area contributed by atoms with E-state index < -0.39 is 0 Å². The Balaban J connectivity index is 1.84. The topological polar surface area (TPSA) is 84.4 Å². The van der Waals surface area contributed by atoms with Crippen LogP contribution in [0.5, 0.6) is 0 Å². The van der Waals surface area contributed by atoms with Crippen molar-refractivity contribution in [1.82, 2.24) is 15.1 Å². The summed E-state index contributed by atoms with van der Waals surface area (Å²) < 4.78 is 4.97. The monoisotopic (exact) mass is 326 g/mol. The fourth-order valence-corrected chi connectivity index (χ4v) is 3.09. The van der Waals surface area contributed by atoms with Gasteiger partial charge < -0.3 is 15.0 Å². The Hall–Kier alpha value is -1.54. The van der Waals surface area contributed by atoms with Gasteiger partial charge in [-0.3, -0.25) is 9.59 Å². The molecular weight excluding hydrogens is 304 g/mol. The molecule has 0 aromatic carbocycles. The number of methoxy groups -OCH3 is 1. The number of hydrogen-bond acceptors (Lipinski definition) is 6. The number of rotatable bonds is 8. The van der Waals surface area contributed by atoms with Crippen LogP contribution in [0.2, 0.25) is 0 Å². The maximum atomic E-state index is 12.2. The molecule has 1 N–H and O–H groups in total. The molecule has 0 spiro atoms. The van der Waals surface area contributed by atoms with Gasteiger partial charge in [-0.15, -0.1) is 10.2 Å². The quantitative estimate of drug-likeness (QED) is 0.779. The number of carbonyl (C=O) groups is 2. The normalized spacial score (nSPS) is 18.0. The first-order valence-corrected chi connectivity index (χ1v) is 8.35. The van der Waals surface area contributed by atoms with E-state index in [9.17, 15) is 9.59 Å². The molecule has 2 rings (SSSR count). The van der Waals surface area contributed by atoms with Gasteiger partial charge in [0.2, 0.25) is 16.9 Å². The van der Waals surface area contributed by atoms with Crippen molar-refractivity contribution in [2.45, 2.75) is 32.6 Å². The van der Waals surface area contributed by atoms with Gasteiger partial charge in [0.15, 0.2) is 0 Å². The number of nitrogens with zero attached hydrogens (tertiary/aromatic N) is 3. The van der Waals surface area contributed by atoms with E-state index in [1.807, 2.05) is 0 Å². The largest absolute Gasteiger partial charge is 0.383 e. The van der Waals surface area contributed by atoms with Crippen LogP contribution in [0.25, 0.3) is 0 Å². The molecule has 2 heterocycles. The van der Waals surface area contributed by atoms with E-state index >= 15 is 0 Å². The van der Waals surface area contributed by atoms with Gasteiger partial charge in [0.25, 0.3) is 0 Å². The second kappa shape index (κ2) is 8.19. The highest BCUT2D eigenvalue weighted by Crippen LogP contribution is 2.22. The van der Waals surface area contributed by atoms with Gasteiger partial charge in [-0.25, -0.2) is 0 Å². The third-order valence-electron chi connectivity index (χ3n) is 3.59. The van der Waals surface area contributed by atoms with Crippen LogP contribution in [0, 0.1) is 5.92 Å². The van der Waals surface area contributed by atoms with E-state index in [2.05, 4.69) is 22.4 Å². The first kappa shape index (κ1) is 16.8. The molecule has 0 radical (unpaired) electrons. The Morgan fingerprint density at radius 3 is 3.05 bits per heavy atom. The van der Waals surface area contributed by atoms with Crippen molar-refractivity contribution in [3.63, 3.8) is 0 Å². The van der Waals surface area contributed by atoms with Gasteiger partial charge in [-0.05, 0) is 6.42 Å². The number of ether oxygens (including phenoxy) is 1. The minimum absolute atomic E-state index is 0.00176. The van der Waals surface area contributed by atoms with Crippen molar-refractivity contribution in [2.75, 3.05) is 32.1 Å². The molecule has 0 aliphatic carbocycles. The van der Waals surface area contributed by atoms with Crippen LogP contribution >= 0.6 is 11.3 Å². The molecule has 7 nitrogen and oxygen atoms in total. The molecule has 0 saturated carbocycles. The zero-order valence-electron chi connectivity index (χ0n) is 13.0. The summed E-state index contributed by atoms with van der Waals surface area (Å²) in [5, 5.41) is 12.3. The Bertz CT molecular complexity index is 520. The molecule has 122 valence electrons. The molecule has 1 aliphatic heterocycles. The Morgan fingerprint density at radius 1 is 1.50 bits per heavy atom. The predicted molar refractivity (Wildman–Crippen MR) is 83.7 cm³/mol. The van der Waals surface area contributed by atoms with Crippen LogP contribution < -0.4 is 5.32 Å². The van der Waals surface area contributed by atoms with Crippen molar-refractivity contribution >= 4 is 28.3 Å². The number of anilines is 1. The second-order valence-corrected chi connectivity index (χ2v) is 6.39. The third-order valence-corrected chi connectivity index (χ3v) is 4.49. The van der Waals surface area contributed by atoms with Crippen LogP contribution in [0.4, 0.5) is 5.13 Å². The molecule has 1 aliphatic rings. The van der Waals surface area contributed by atoms with Crippen molar-refractivity contribution in [2.24, 2.45) is 5.92 Å². The van der Waals surface area contributed by atoms with Crippen LogP contribution in [0.15, 0.2) is 0 Å². The maximum absolute atomic E-state index is 12.2. The van der Waals surface area contributed by atoms with Crippen LogP contribution in [-0.4, -0.2) is 53.7 Å². The number of carbonyl (C=O) groups excluding carboxylic acids is 2. The molecule has 1 aromatic heterocycles. The first-order chi connectivity index (χ1) is 10.6. The van der Waals surface area contributed by atoms with E-state index in [4.69, 9.17) is 4.74 Å². The van der Waals surface area contributed by atoms with Gasteiger partial charge in [-0.1, -0.05) is 24.7 Å². The highest BCUT2D eigenvalue weighted by atomic mass is 32.1. The second-order valence-electron chi connectivity index (χ2n) is 5.33. The van der Waals surface area contributed by atoms with E-state index in [1.54, 1.807) is 12.0 Å². The average Bonchev–Trinajstić information content (AvgIpc) is 3.09. The van der Waals surface area contributed by atoms with Gasteiger partial charge in [0.1, 0.15) is 5.01 Å². The first-order valence-electron chi connectivity index (χ1n) is 7.54. The standard InChI is InChI=1S/C14H22N4O3S/c1-3-4-5-11-16-17-14(22-11)15-13(20)10-8-12(19)18(9-10)6-7-21-2/h10H,3-9H2,1-2H3,(H,15,17,20). The number of likely N-dealkylation sites (tertiary alicyclic amines) is 1. The molecule has 1 fully saturated rings. The van der Waals surface area contributed by atoms with Crippen molar-refractivity contribution < 1.29 is 14.3 Å². The van der Waals surface area contributed by atoms with Crippen LogP contribution in [0.3, 0.4) is 0 Å². The highest BCUT2D eigenvalue weighted by Gasteiger charge is 2.34. The summed E-state index contributed by atoms with van der Waals surface area (Å²) >= 11 is 1.40. The Kier molecular flexibility index (Phi) is 6.26. The fraction of sp³-hybridized carbons (Fsp3) is 0.714.